The van der Waals surface area contributed by atoms with Gasteiger partial charge < -0.3 is 11.1 Å². The Kier molecular flexibility index (Phi) is 4.94. The fourth-order valence-corrected chi connectivity index (χ4v) is 0.565. The van der Waals surface area contributed by atoms with Gasteiger partial charge in [0.25, 0.3) is 0 Å². The number of hydrogen-bond acceptors (Lipinski definition) is 2. The summed E-state index contributed by atoms with van der Waals surface area (Å²) in [7, 11) is 0. The molecule has 10 heavy (non-hydrogen) atoms. The van der Waals surface area contributed by atoms with E-state index in [9.17, 15) is 4.79 Å². The molecule has 0 aromatic carbocycles. The van der Waals surface area contributed by atoms with E-state index in [-0.39, 0.29) is 5.91 Å². The number of rotatable bonds is 0. The second-order valence-electron chi connectivity index (χ2n) is 2.70. The number of amides is 1. The van der Waals surface area contributed by atoms with Crippen molar-refractivity contribution in [3.8, 4) is 0 Å². The van der Waals surface area contributed by atoms with E-state index in [1.165, 1.54) is 0 Å². The van der Waals surface area contributed by atoms with E-state index in [1.807, 2.05) is 13.8 Å². The summed E-state index contributed by atoms with van der Waals surface area (Å²) in [6.45, 7) is 4.78. The Morgan fingerprint density at radius 1 is 1.60 bits per heavy atom. The Hall–Kier alpha value is -0.570. The lowest BCUT2D eigenvalue weighted by molar-refractivity contribution is -0.119. The first-order valence-corrected chi connectivity index (χ1v) is 3.65. The van der Waals surface area contributed by atoms with Crippen molar-refractivity contribution in [2.24, 2.45) is 5.73 Å². The number of carbonyl (C=O) groups excluding carboxylic acids is 1. The minimum atomic E-state index is 0.204. The van der Waals surface area contributed by atoms with Crippen LogP contribution >= 0.6 is 0 Å². The third-order valence-electron chi connectivity index (χ3n) is 0.903. The monoisotopic (exact) mass is 144 g/mol. The van der Waals surface area contributed by atoms with E-state index < -0.39 is 0 Å². The lowest BCUT2D eigenvalue weighted by Crippen LogP contribution is -2.12. The van der Waals surface area contributed by atoms with Gasteiger partial charge in [0.1, 0.15) is 0 Å². The summed E-state index contributed by atoms with van der Waals surface area (Å²) >= 11 is 0. The van der Waals surface area contributed by atoms with Crippen molar-refractivity contribution in [1.82, 2.24) is 5.32 Å². The van der Waals surface area contributed by atoms with Gasteiger partial charge in [0, 0.05) is 13.0 Å². The average molecular weight is 144 g/mol. The number of hydrogen-bond donors (Lipinski definition) is 2. The lowest BCUT2D eigenvalue weighted by atomic mass is 10.4. The zero-order chi connectivity index (χ0) is 7.98. The van der Waals surface area contributed by atoms with Crippen LogP contribution in [0.15, 0.2) is 0 Å². The van der Waals surface area contributed by atoms with Crippen LogP contribution in [-0.4, -0.2) is 18.5 Å². The van der Waals surface area contributed by atoms with Crippen LogP contribution in [0.25, 0.3) is 0 Å². The molecule has 0 aromatic heterocycles. The predicted molar refractivity (Wildman–Crippen MR) is 41.6 cm³/mol. The fraction of sp³-hybridized carbons (Fsp3) is 0.857. The van der Waals surface area contributed by atoms with E-state index in [2.05, 4.69) is 5.32 Å². The zero-order valence-corrected chi connectivity index (χ0v) is 6.68. The standard InChI is InChI=1S/C4H7NO.C3H9N/c6-4-2-1-3-5-4;1-3(2)4/h1-3H2,(H,5,6);3H,4H2,1-2H3. The minimum absolute atomic E-state index is 0.204. The van der Waals surface area contributed by atoms with Crippen LogP contribution in [0.2, 0.25) is 0 Å². The van der Waals surface area contributed by atoms with Gasteiger partial charge in [-0.3, -0.25) is 4.79 Å². The second-order valence-corrected chi connectivity index (χ2v) is 2.70. The molecule has 0 radical (unpaired) electrons. The van der Waals surface area contributed by atoms with Gasteiger partial charge in [0.2, 0.25) is 5.91 Å². The number of carbonyl (C=O) groups is 1. The van der Waals surface area contributed by atoms with Gasteiger partial charge in [-0.1, -0.05) is 13.8 Å². The highest BCUT2D eigenvalue weighted by atomic mass is 16.1. The van der Waals surface area contributed by atoms with E-state index in [4.69, 9.17) is 5.73 Å². The molecule has 0 aromatic rings. The minimum Gasteiger partial charge on any atom is -0.356 e. The Morgan fingerprint density at radius 2 is 2.10 bits per heavy atom. The van der Waals surface area contributed by atoms with Gasteiger partial charge in [-0.25, -0.2) is 0 Å². The molecule has 1 fully saturated rings. The zero-order valence-electron chi connectivity index (χ0n) is 6.68. The Morgan fingerprint density at radius 3 is 2.20 bits per heavy atom. The van der Waals surface area contributed by atoms with Crippen molar-refractivity contribution < 1.29 is 4.79 Å². The van der Waals surface area contributed by atoms with Gasteiger partial charge >= 0.3 is 0 Å². The van der Waals surface area contributed by atoms with Crippen LogP contribution in [0.4, 0.5) is 0 Å². The van der Waals surface area contributed by atoms with Gasteiger partial charge in [-0.2, -0.15) is 0 Å². The van der Waals surface area contributed by atoms with Crippen molar-refractivity contribution in [3.05, 3.63) is 0 Å². The van der Waals surface area contributed by atoms with Gasteiger partial charge in [-0.05, 0) is 12.5 Å². The molecule has 3 heteroatoms. The van der Waals surface area contributed by atoms with Crippen LogP contribution in [0.1, 0.15) is 26.7 Å². The third kappa shape index (κ3) is 7.43. The Balaban J connectivity index is 0.000000180. The molecule has 60 valence electrons. The van der Waals surface area contributed by atoms with Crippen LogP contribution in [0.3, 0.4) is 0 Å². The molecule has 0 atom stereocenters. The number of nitrogens with two attached hydrogens (primary N) is 1. The molecule has 1 rings (SSSR count). The molecule has 0 bridgehead atoms. The summed E-state index contributed by atoms with van der Waals surface area (Å²) in [5.41, 5.74) is 5.11. The molecule has 3 N–H and O–H groups in total. The summed E-state index contributed by atoms with van der Waals surface area (Å²) in [6, 6.07) is 0.333. The second kappa shape index (κ2) is 5.23. The summed E-state index contributed by atoms with van der Waals surface area (Å²) in [6.07, 6.45) is 1.76. The first-order chi connectivity index (χ1) is 4.63. The molecule has 1 saturated heterocycles. The molecule has 0 aliphatic carbocycles. The summed E-state index contributed by atoms with van der Waals surface area (Å²) < 4.78 is 0. The molecular weight excluding hydrogens is 128 g/mol. The molecule has 1 aliphatic rings. The van der Waals surface area contributed by atoms with Crippen molar-refractivity contribution in [1.29, 1.82) is 0 Å². The normalized spacial score (nSPS) is 16.2. The van der Waals surface area contributed by atoms with Crippen LogP contribution in [0, 0.1) is 0 Å². The summed E-state index contributed by atoms with van der Waals surface area (Å²) in [5, 5.41) is 2.68. The van der Waals surface area contributed by atoms with Crippen LogP contribution in [0.5, 0.6) is 0 Å². The maximum atomic E-state index is 10.1. The first-order valence-electron chi connectivity index (χ1n) is 3.65. The first kappa shape index (κ1) is 9.43. The Labute approximate surface area is 62.0 Å². The molecular formula is C7H16N2O. The van der Waals surface area contributed by atoms with Gasteiger partial charge in [0.05, 0.1) is 0 Å². The highest BCUT2D eigenvalue weighted by molar-refractivity contribution is 5.77. The van der Waals surface area contributed by atoms with Crippen molar-refractivity contribution in [2.45, 2.75) is 32.7 Å². The van der Waals surface area contributed by atoms with Crippen molar-refractivity contribution >= 4 is 5.91 Å². The lowest BCUT2D eigenvalue weighted by Gasteiger charge is -1.81. The van der Waals surface area contributed by atoms with Crippen LogP contribution < -0.4 is 11.1 Å². The third-order valence-corrected chi connectivity index (χ3v) is 0.903. The molecule has 1 aliphatic heterocycles. The summed E-state index contributed by atoms with van der Waals surface area (Å²) in [4.78, 5) is 10.1. The van der Waals surface area contributed by atoms with E-state index >= 15 is 0 Å². The fourth-order valence-electron chi connectivity index (χ4n) is 0.565. The van der Waals surface area contributed by atoms with E-state index in [1.54, 1.807) is 0 Å². The van der Waals surface area contributed by atoms with Crippen LogP contribution in [-0.2, 0) is 4.79 Å². The average Bonchev–Trinajstić information content (AvgIpc) is 2.15. The summed E-state index contributed by atoms with van der Waals surface area (Å²) in [5.74, 6) is 0.204. The highest BCUT2D eigenvalue weighted by Gasteiger charge is 2.05. The van der Waals surface area contributed by atoms with Crippen molar-refractivity contribution in [2.75, 3.05) is 6.54 Å². The highest BCUT2D eigenvalue weighted by Crippen LogP contribution is 1.93. The maximum Gasteiger partial charge on any atom is 0.220 e. The molecule has 3 nitrogen and oxygen atoms in total. The van der Waals surface area contributed by atoms with Crippen molar-refractivity contribution in [3.63, 3.8) is 0 Å². The Bertz CT molecular complexity index is 91.0. The smallest absolute Gasteiger partial charge is 0.220 e. The SMILES string of the molecule is CC(C)N.O=C1CCCN1. The van der Waals surface area contributed by atoms with E-state index in [0.717, 1.165) is 19.4 Å². The predicted octanol–water partition coefficient (Wildman–Crippen LogP) is 0.250. The largest absolute Gasteiger partial charge is 0.356 e. The molecule has 0 unspecified atom stereocenters. The topological polar surface area (TPSA) is 55.1 Å². The molecule has 1 amide bonds. The number of nitrogens with one attached hydrogen (secondary N) is 1. The molecule has 0 spiro atoms. The van der Waals surface area contributed by atoms with E-state index in [0.29, 0.717) is 6.04 Å². The maximum absolute atomic E-state index is 10.1. The molecule has 0 saturated carbocycles. The van der Waals surface area contributed by atoms with Gasteiger partial charge in [0.15, 0.2) is 0 Å². The quantitative estimate of drug-likeness (QED) is 0.512. The van der Waals surface area contributed by atoms with Gasteiger partial charge in [-0.15, -0.1) is 0 Å². The molecule has 1 heterocycles.